The number of carbonyl (C=O) groups is 1. The van der Waals surface area contributed by atoms with Crippen molar-refractivity contribution in [2.45, 2.75) is 6.54 Å². The predicted molar refractivity (Wildman–Crippen MR) is 73.7 cm³/mol. The van der Waals surface area contributed by atoms with Gasteiger partial charge in [0, 0.05) is 0 Å². The molecule has 3 rings (SSSR count). The van der Waals surface area contributed by atoms with Crippen LogP contribution in [0, 0.1) is 0 Å². The molecule has 3 aromatic heterocycles. The molecule has 3 heterocycles. The lowest BCUT2D eigenvalue weighted by Crippen LogP contribution is -2.04. The molecular formula is C12H9N3O2S2. The van der Waals surface area contributed by atoms with Crippen LogP contribution < -0.4 is 0 Å². The van der Waals surface area contributed by atoms with E-state index in [-0.39, 0.29) is 5.69 Å². The quantitative estimate of drug-likeness (QED) is 0.802. The third-order valence-electron chi connectivity index (χ3n) is 2.60. The molecule has 0 bridgehead atoms. The summed E-state index contributed by atoms with van der Waals surface area (Å²) in [4.78, 5) is 12.1. The second-order valence-corrected chi connectivity index (χ2v) is 5.59. The van der Waals surface area contributed by atoms with Crippen LogP contribution in [0.2, 0.25) is 0 Å². The highest BCUT2D eigenvalue weighted by Crippen LogP contribution is 2.27. The normalized spacial score (nSPS) is 10.7. The van der Waals surface area contributed by atoms with Gasteiger partial charge in [0.1, 0.15) is 5.69 Å². The van der Waals surface area contributed by atoms with Gasteiger partial charge in [0.15, 0.2) is 5.69 Å². The second kappa shape index (κ2) is 4.94. The molecule has 5 nitrogen and oxygen atoms in total. The fourth-order valence-electron chi connectivity index (χ4n) is 1.78. The molecule has 0 spiro atoms. The van der Waals surface area contributed by atoms with Crippen LogP contribution in [0.1, 0.15) is 16.1 Å². The zero-order chi connectivity index (χ0) is 13.2. The first kappa shape index (κ1) is 12.1. The first-order chi connectivity index (χ1) is 9.25. The Morgan fingerprint density at radius 2 is 2.26 bits per heavy atom. The molecule has 0 atom stereocenters. The van der Waals surface area contributed by atoms with Crippen LogP contribution in [0.15, 0.2) is 34.3 Å². The fraction of sp³-hybridized carbons (Fsp3) is 0.0833. The zero-order valence-electron chi connectivity index (χ0n) is 9.68. The number of rotatable bonds is 4. The highest BCUT2D eigenvalue weighted by Gasteiger charge is 2.21. The van der Waals surface area contributed by atoms with Crippen molar-refractivity contribution in [3.05, 3.63) is 45.6 Å². The number of hydrogen-bond donors (Lipinski definition) is 1. The lowest BCUT2D eigenvalue weighted by Gasteiger charge is -2.03. The van der Waals surface area contributed by atoms with Crippen LogP contribution in [0.5, 0.6) is 0 Å². The maximum absolute atomic E-state index is 11.2. The Labute approximate surface area is 116 Å². The van der Waals surface area contributed by atoms with E-state index in [2.05, 4.69) is 10.3 Å². The lowest BCUT2D eigenvalue weighted by atomic mass is 10.2. The molecule has 0 aromatic carbocycles. The Morgan fingerprint density at radius 1 is 1.37 bits per heavy atom. The van der Waals surface area contributed by atoms with E-state index in [4.69, 9.17) is 0 Å². The highest BCUT2D eigenvalue weighted by atomic mass is 32.1. The van der Waals surface area contributed by atoms with Gasteiger partial charge in [0.05, 0.1) is 11.4 Å². The van der Waals surface area contributed by atoms with E-state index in [9.17, 15) is 9.90 Å². The standard InChI is InChI=1S/C12H9N3O2S2/c16-12(17)10-11(9-2-1-4-19-9)15(14-13-10)6-8-3-5-18-7-8/h1-5,7H,6H2,(H,16,17). The summed E-state index contributed by atoms with van der Waals surface area (Å²) in [6.45, 7) is 0.525. The molecule has 0 aliphatic carbocycles. The van der Waals surface area contributed by atoms with Gasteiger partial charge in [-0.1, -0.05) is 11.3 Å². The number of nitrogens with zero attached hydrogens (tertiary/aromatic N) is 3. The van der Waals surface area contributed by atoms with Crippen LogP contribution in [0.4, 0.5) is 0 Å². The molecule has 0 fully saturated rings. The van der Waals surface area contributed by atoms with Crippen LogP contribution in [-0.4, -0.2) is 26.1 Å². The van der Waals surface area contributed by atoms with Crippen molar-refractivity contribution in [1.82, 2.24) is 15.0 Å². The Morgan fingerprint density at radius 3 is 2.89 bits per heavy atom. The monoisotopic (exact) mass is 291 g/mol. The number of thiophene rings is 2. The van der Waals surface area contributed by atoms with Crippen molar-refractivity contribution >= 4 is 28.6 Å². The Bertz CT molecular complexity index is 687. The molecule has 0 saturated heterocycles. The predicted octanol–water partition coefficient (Wildman–Crippen LogP) is 2.81. The molecule has 0 amide bonds. The third-order valence-corrected chi connectivity index (χ3v) is 4.21. The molecule has 0 radical (unpaired) electrons. The minimum absolute atomic E-state index is 0.00215. The van der Waals surface area contributed by atoms with Gasteiger partial charge in [0.25, 0.3) is 0 Å². The summed E-state index contributed by atoms with van der Waals surface area (Å²) < 4.78 is 1.64. The largest absolute Gasteiger partial charge is 0.476 e. The maximum atomic E-state index is 11.2. The minimum atomic E-state index is -1.06. The number of carboxylic acid groups (broad SMARTS) is 1. The molecule has 0 saturated carbocycles. The topological polar surface area (TPSA) is 68.0 Å². The van der Waals surface area contributed by atoms with Gasteiger partial charge in [-0.05, 0) is 33.8 Å². The van der Waals surface area contributed by atoms with Crippen molar-refractivity contribution in [3.8, 4) is 10.6 Å². The molecule has 19 heavy (non-hydrogen) atoms. The van der Waals surface area contributed by atoms with Crippen LogP contribution in [-0.2, 0) is 6.54 Å². The zero-order valence-corrected chi connectivity index (χ0v) is 11.3. The summed E-state index contributed by atoms with van der Waals surface area (Å²) in [5.74, 6) is -1.06. The maximum Gasteiger partial charge on any atom is 0.358 e. The number of aromatic nitrogens is 3. The smallest absolute Gasteiger partial charge is 0.358 e. The van der Waals surface area contributed by atoms with Crippen molar-refractivity contribution in [2.24, 2.45) is 0 Å². The molecule has 0 unspecified atom stereocenters. The average molecular weight is 291 g/mol. The average Bonchev–Trinajstić information content (AvgIpc) is 3.09. The van der Waals surface area contributed by atoms with E-state index >= 15 is 0 Å². The van der Waals surface area contributed by atoms with Gasteiger partial charge in [-0.2, -0.15) is 11.3 Å². The molecular weight excluding hydrogens is 282 g/mol. The van der Waals surface area contributed by atoms with Gasteiger partial charge in [0.2, 0.25) is 0 Å². The summed E-state index contributed by atoms with van der Waals surface area (Å²) >= 11 is 3.08. The fourth-order valence-corrected chi connectivity index (χ4v) is 3.21. The van der Waals surface area contributed by atoms with E-state index in [0.717, 1.165) is 10.4 Å². The van der Waals surface area contributed by atoms with Crippen molar-refractivity contribution in [3.63, 3.8) is 0 Å². The molecule has 7 heteroatoms. The first-order valence-corrected chi connectivity index (χ1v) is 7.29. The summed E-state index contributed by atoms with van der Waals surface area (Å²) in [6.07, 6.45) is 0. The van der Waals surface area contributed by atoms with E-state index in [0.29, 0.717) is 12.2 Å². The molecule has 3 aromatic rings. The molecule has 96 valence electrons. The summed E-state index contributed by atoms with van der Waals surface area (Å²) in [6, 6.07) is 5.75. The lowest BCUT2D eigenvalue weighted by molar-refractivity contribution is 0.0691. The second-order valence-electron chi connectivity index (χ2n) is 3.86. The molecule has 0 aliphatic heterocycles. The van der Waals surface area contributed by atoms with Gasteiger partial charge in [-0.3, -0.25) is 0 Å². The number of aromatic carboxylic acids is 1. The Kier molecular flexibility index (Phi) is 3.14. The van der Waals surface area contributed by atoms with Gasteiger partial charge >= 0.3 is 5.97 Å². The third kappa shape index (κ3) is 2.29. The Balaban J connectivity index is 2.07. The van der Waals surface area contributed by atoms with E-state index in [1.165, 1.54) is 11.3 Å². The van der Waals surface area contributed by atoms with Gasteiger partial charge in [-0.25, -0.2) is 9.48 Å². The van der Waals surface area contributed by atoms with Crippen molar-refractivity contribution in [2.75, 3.05) is 0 Å². The van der Waals surface area contributed by atoms with Gasteiger partial charge in [-0.15, -0.1) is 16.4 Å². The van der Waals surface area contributed by atoms with Gasteiger partial charge < -0.3 is 5.11 Å². The number of carboxylic acids is 1. The van der Waals surface area contributed by atoms with E-state index < -0.39 is 5.97 Å². The van der Waals surface area contributed by atoms with E-state index in [1.807, 2.05) is 34.3 Å². The van der Waals surface area contributed by atoms with Crippen LogP contribution in [0.3, 0.4) is 0 Å². The summed E-state index contributed by atoms with van der Waals surface area (Å²) in [5.41, 5.74) is 1.65. The SMILES string of the molecule is O=C(O)c1nnn(Cc2ccsc2)c1-c1cccs1. The number of hydrogen-bond acceptors (Lipinski definition) is 5. The Hall–Kier alpha value is -1.99. The minimum Gasteiger partial charge on any atom is -0.476 e. The van der Waals surface area contributed by atoms with Crippen LogP contribution in [0.25, 0.3) is 10.6 Å². The van der Waals surface area contributed by atoms with Crippen molar-refractivity contribution in [1.29, 1.82) is 0 Å². The van der Waals surface area contributed by atoms with E-state index in [1.54, 1.807) is 16.0 Å². The summed E-state index contributed by atoms with van der Waals surface area (Å²) in [5, 5.41) is 22.8. The highest BCUT2D eigenvalue weighted by molar-refractivity contribution is 7.13. The molecule has 1 N–H and O–H groups in total. The first-order valence-electron chi connectivity index (χ1n) is 5.47. The van der Waals surface area contributed by atoms with Crippen molar-refractivity contribution < 1.29 is 9.90 Å². The molecule has 0 aliphatic rings. The summed E-state index contributed by atoms with van der Waals surface area (Å²) in [7, 11) is 0. The van der Waals surface area contributed by atoms with Crippen LogP contribution >= 0.6 is 22.7 Å².